The van der Waals surface area contributed by atoms with Crippen molar-refractivity contribution in [1.82, 2.24) is 0 Å². The molecule has 0 amide bonds. The summed E-state index contributed by atoms with van der Waals surface area (Å²) in [5, 5.41) is 10.8. The molecule has 1 aromatic carbocycles. The van der Waals surface area contributed by atoms with Crippen molar-refractivity contribution in [3.63, 3.8) is 0 Å². The van der Waals surface area contributed by atoms with Crippen LogP contribution in [0.25, 0.3) is 0 Å². The molecular weight excluding hydrogens is 244 g/mol. The van der Waals surface area contributed by atoms with E-state index in [1.54, 1.807) is 21.3 Å². The Hall–Kier alpha value is -1.26. The van der Waals surface area contributed by atoms with E-state index in [-0.39, 0.29) is 0 Å². The third-order valence-electron chi connectivity index (χ3n) is 4.09. The molecule has 0 bridgehead atoms. The first-order chi connectivity index (χ1) is 9.18. The van der Waals surface area contributed by atoms with Gasteiger partial charge in [-0.1, -0.05) is 18.9 Å². The van der Waals surface area contributed by atoms with Crippen molar-refractivity contribution in [3.05, 3.63) is 23.8 Å². The van der Waals surface area contributed by atoms with Crippen LogP contribution in [-0.4, -0.2) is 32.0 Å². The van der Waals surface area contributed by atoms with Gasteiger partial charge in [0.05, 0.1) is 25.4 Å². The summed E-state index contributed by atoms with van der Waals surface area (Å²) < 4.78 is 16.4. The first-order valence-corrected chi connectivity index (χ1v) is 6.62. The molecule has 0 aliphatic heterocycles. The minimum absolute atomic E-state index is 0.526. The zero-order chi connectivity index (χ0) is 13.9. The monoisotopic (exact) mass is 266 g/mol. The number of hydrogen-bond donors (Lipinski definition) is 1. The molecule has 0 spiro atoms. The molecule has 1 aliphatic carbocycles. The molecule has 1 atom stereocenters. The summed E-state index contributed by atoms with van der Waals surface area (Å²) in [5.41, 5.74) is 0.151. The molecule has 4 heteroatoms. The topological polar surface area (TPSA) is 47.9 Å². The van der Waals surface area contributed by atoms with Crippen molar-refractivity contribution in [2.24, 2.45) is 0 Å². The minimum atomic E-state index is -0.744. The van der Waals surface area contributed by atoms with Crippen LogP contribution in [0.1, 0.15) is 37.4 Å². The largest absolute Gasteiger partial charge is 0.496 e. The summed E-state index contributed by atoms with van der Waals surface area (Å²) in [6, 6.07) is 5.51. The second-order valence-electron chi connectivity index (χ2n) is 4.95. The van der Waals surface area contributed by atoms with Crippen LogP contribution in [0.5, 0.6) is 11.5 Å². The standard InChI is InChI=1S/C15H22O4/c1-17-11-7-6-8-12(18-2)13(11)14(16)15(19-3)9-4-5-10-15/h6-8,14,16H,4-5,9-10H2,1-3H3. The van der Waals surface area contributed by atoms with Gasteiger partial charge in [0.15, 0.2) is 0 Å². The Morgan fingerprint density at radius 2 is 1.58 bits per heavy atom. The summed E-state index contributed by atoms with van der Waals surface area (Å²) in [5.74, 6) is 1.27. The van der Waals surface area contributed by atoms with Crippen LogP contribution in [-0.2, 0) is 4.74 Å². The Bertz CT molecular complexity index is 402. The van der Waals surface area contributed by atoms with E-state index in [4.69, 9.17) is 14.2 Å². The first-order valence-electron chi connectivity index (χ1n) is 6.62. The molecule has 4 nitrogen and oxygen atoms in total. The van der Waals surface area contributed by atoms with Crippen molar-refractivity contribution < 1.29 is 19.3 Å². The molecule has 0 saturated heterocycles. The first kappa shape index (κ1) is 14.2. The molecule has 0 heterocycles. The molecule has 1 N–H and O–H groups in total. The number of aliphatic hydroxyl groups is 1. The lowest BCUT2D eigenvalue weighted by Gasteiger charge is -2.34. The van der Waals surface area contributed by atoms with Crippen LogP contribution in [0.3, 0.4) is 0 Å². The molecule has 1 unspecified atom stereocenters. The van der Waals surface area contributed by atoms with Gasteiger partial charge in [0.1, 0.15) is 17.6 Å². The molecule has 2 rings (SSSR count). The van der Waals surface area contributed by atoms with Gasteiger partial charge in [-0.25, -0.2) is 0 Å². The molecule has 0 radical (unpaired) electrons. The van der Waals surface area contributed by atoms with Crippen LogP contribution in [0.2, 0.25) is 0 Å². The maximum Gasteiger partial charge on any atom is 0.128 e. The second kappa shape index (κ2) is 5.80. The number of benzene rings is 1. The Morgan fingerprint density at radius 3 is 2.00 bits per heavy atom. The fourth-order valence-corrected chi connectivity index (χ4v) is 2.98. The molecule has 1 fully saturated rings. The summed E-state index contributed by atoms with van der Waals surface area (Å²) in [7, 11) is 4.86. The quantitative estimate of drug-likeness (QED) is 0.890. The fourth-order valence-electron chi connectivity index (χ4n) is 2.98. The Balaban J connectivity index is 2.44. The van der Waals surface area contributed by atoms with Crippen LogP contribution >= 0.6 is 0 Å². The molecule has 106 valence electrons. The van der Waals surface area contributed by atoms with Crippen molar-refractivity contribution in [2.75, 3.05) is 21.3 Å². The summed E-state index contributed by atoms with van der Waals surface area (Å²) >= 11 is 0. The number of hydrogen-bond acceptors (Lipinski definition) is 4. The summed E-state index contributed by atoms with van der Waals surface area (Å²) in [6.45, 7) is 0. The lowest BCUT2D eigenvalue weighted by Crippen LogP contribution is -2.35. The van der Waals surface area contributed by atoms with Crippen LogP contribution in [0.4, 0.5) is 0 Å². The Labute approximate surface area is 114 Å². The minimum Gasteiger partial charge on any atom is -0.496 e. The average molecular weight is 266 g/mol. The van der Waals surface area contributed by atoms with Crippen molar-refractivity contribution in [2.45, 2.75) is 37.4 Å². The highest BCUT2D eigenvalue weighted by molar-refractivity contribution is 5.47. The maximum atomic E-state index is 10.8. The summed E-state index contributed by atoms with van der Waals surface area (Å²) in [6.07, 6.45) is 3.11. The Morgan fingerprint density at radius 1 is 1.05 bits per heavy atom. The lowest BCUT2D eigenvalue weighted by molar-refractivity contribution is -0.101. The van der Waals surface area contributed by atoms with E-state index in [1.807, 2.05) is 18.2 Å². The third kappa shape index (κ3) is 2.42. The van der Waals surface area contributed by atoms with Gasteiger partial charge in [-0.05, 0) is 25.0 Å². The van der Waals surface area contributed by atoms with E-state index in [0.717, 1.165) is 25.7 Å². The highest BCUT2D eigenvalue weighted by Gasteiger charge is 2.43. The Kier molecular flexibility index (Phi) is 4.32. The number of ether oxygens (including phenoxy) is 3. The third-order valence-corrected chi connectivity index (χ3v) is 4.09. The number of aliphatic hydroxyl groups excluding tert-OH is 1. The van der Waals surface area contributed by atoms with Gasteiger partial charge in [-0.3, -0.25) is 0 Å². The van der Waals surface area contributed by atoms with Crippen molar-refractivity contribution in [3.8, 4) is 11.5 Å². The molecule has 1 aromatic rings. The molecule has 0 aromatic heterocycles. The van der Waals surface area contributed by atoms with Crippen LogP contribution in [0.15, 0.2) is 18.2 Å². The van der Waals surface area contributed by atoms with E-state index in [9.17, 15) is 5.11 Å². The predicted octanol–water partition coefficient (Wildman–Crippen LogP) is 2.70. The summed E-state index contributed by atoms with van der Waals surface area (Å²) in [4.78, 5) is 0. The maximum absolute atomic E-state index is 10.8. The van der Waals surface area contributed by atoms with Gasteiger partial charge >= 0.3 is 0 Å². The van der Waals surface area contributed by atoms with Gasteiger partial charge in [0.2, 0.25) is 0 Å². The second-order valence-corrected chi connectivity index (χ2v) is 4.95. The van der Waals surface area contributed by atoms with E-state index in [2.05, 4.69) is 0 Å². The lowest BCUT2D eigenvalue weighted by atomic mass is 9.88. The van der Waals surface area contributed by atoms with Crippen molar-refractivity contribution >= 4 is 0 Å². The van der Waals surface area contributed by atoms with Gasteiger partial charge in [-0.2, -0.15) is 0 Å². The molecular formula is C15H22O4. The molecule has 19 heavy (non-hydrogen) atoms. The SMILES string of the molecule is COc1cccc(OC)c1C(O)C1(OC)CCCC1. The zero-order valence-corrected chi connectivity index (χ0v) is 11.8. The van der Waals surface area contributed by atoms with Crippen LogP contribution in [0, 0.1) is 0 Å². The van der Waals surface area contributed by atoms with E-state index < -0.39 is 11.7 Å². The van der Waals surface area contributed by atoms with Gasteiger partial charge < -0.3 is 19.3 Å². The number of rotatable bonds is 5. The molecule has 1 aliphatic rings. The van der Waals surface area contributed by atoms with E-state index >= 15 is 0 Å². The van der Waals surface area contributed by atoms with Gasteiger partial charge in [0.25, 0.3) is 0 Å². The number of methoxy groups -OCH3 is 3. The van der Waals surface area contributed by atoms with Crippen LogP contribution < -0.4 is 9.47 Å². The smallest absolute Gasteiger partial charge is 0.128 e. The van der Waals surface area contributed by atoms with E-state index in [0.29, 0.717) is 17.1 Å². The fraction of sp³-hybridized carbons (Fsp3) is 0.600. The average Bonchev–Trinajstić information content (AvgIpc) is 2.95. The highest BCUT2D eigenvalue weighted by atomic mass is 16.5. The highest BCUT2D eigenvalue weighted by Crippen LogP contribution is 2.47. The van der Waals surface area contributed by atoms with Gasteiger partial charge in [0, 0.05) is 7.11 Å². The van der Waals surface area contributed by atoms with E-state index in [1.165, 1.54) is 0 Å². The van der Waals surface area contributed by atoms with Crippen molar-refractivity contribution in [1.29, 1.82) is 0 Å². The normalized spacial score (nSPS) is 19.2. The van der Waals surface area contributed by atoms with Gasteiger partial charge in [-0.15, -0.1) is 0 Å². The zero-order valence-electron chi connectivity index (χ0n) is 11.8. The molecule has 1 saturated carbocycles. The predicted molar refractivity (Wildman–Crippen MR) is 72.7 cm³/mol.